The fourth-order valence-corrected chi connectivity index (χ4v) is 4.66. The zero-order valence-corrected chi connectivity index (χ0v) is 22.9. The van der Waals surface area contributed by atoms with Gasteiger partial charge in [-0.3, -0.25) is 9.78 Å². The maximum Gasteiger partial charge on any atom is 0.407 e. The zero-order valence-electron chi connectivity index (χ0n) is 22.9. The second kappa shape index (κ2) is 14.6. The molecular formula is C33H35N3O5. The topological polar surface area (TPSA) is 121 Å². The molecule has 3 atom stereocenters. The van der Waals surface area contributed by atoms with Gasteiger partial charge < -0.3 is 25.6 Å². The van der Waals surface area contributed by atoms with Crippen LogP contribution < -0.4 is 10.6 Å². The highest BCUT2D eigenvalue weighted by molar-refractivity contribution is 5.96. The van der Waals surface area contributed by atoms with Crippen LogP contribution in [-0.4, -0.2) is 45.4 Å². The first-order valence-electron chi connectivity index (χ1n) is 13.6. The van der Waals surface area contributed by atoms with E-state index in [-0.39, 0.29) is 18.8 Å². The third kappa shape index (κ3) is 8.91. The lowest BCUT2D eigenvalue weighted by atomic mass is 9.93. The number of benzene rings is 3. The molecular weight excluding hydrogens is 518 g/mol. The Morgan fingerprint density at radius 2 is 1.49 bits per heavy atom. The molecule has 41 heavy (non-hydrogen) atoms. The number of phenols is 1. The van der Waals surface area contributed by atoms with Crippen LogP contribution in [0.1, 0.15) is 39.0 Å². The first-order valence-corrected chi connectivity index (χ1v) is 13.6. The number of aromatic nitrogens is 1. The number of ether oxygens (including phenoxy) is 1. The summed E-state index contributed by atoms with van der Waals surface area (Å²) >= 11 is 0. The van der Waals surface area contributed by atoms with Crippen molar-refractivity contribution in [3.8, 4) is 5.75 Å². The Morgan fingerprint density at radius 1 is 0.829 bits per heavy atom. The molecule has 4 aromatic rings. The van der Waals surface area contributed by atoms with Gasteiger partial charge in [0.25, 0.3) is 5.91 Å². The molecule has 8 heteroatoms. The van der Waals surface area contributed by atoms with Crippen molar-refractivity contribution >= 4 is 12.0 Å². The smallest absolute Gasteiger partial charge is 0.407 e. The number of phenolic OH excluding ortho intramolecular Hbond substituents is 1. The highest BCUT2D eigenvalue weighted by atomic mass is 16.5. The quantitative estimate of drug-likeness (QED) is 0.201. The van der Waals surface area contributed by atoms with Gasteiger partial charge >= 0.3 is 6.09 Å². The molecule has 0 spiro atoms. The number of pyridine rings is 1. The first-order chi connectivity index (χ1) is 19.9. The van der Waals surface area contributed by atoms with Gasteiger partial charge in [0.05, 0.1) is 12.1 Å². The van der Waals surface area contributed by atoms with Crippen molar-refractivity contribution in [3.05, 3.63) is 131 Å². The Bertz CT molecular complexity index is 1400. The van der Waals surface area contributed by atoms with E-state index in [0.29, 0.717) is 24.0 Å². The number of aliphatic hydroxyl groups is 1. The number of hydrogen-bond acceptors (Lipinski definition) is 6. The van der Waals surface area contributed by atoms with Crippen LogP contribution in [0.3, 0.4) is 0 Å². The average molecular weight is 554 g/mol. The highest BCUT2D eigenvalue weighted by Crippen LogP contribution is 2.21. The average Bonchev–Trinajstić information content (AvgIpc) is 2.98. The van der Waals surface area contributed by atoms with Crippen molar-refractivity contribution in [2.24, 2.45) is 0 Å². The van der Waals surface area contributed by atoms with Crippen LogP contribution in [0.15, 0.2) is 103 Å². The molecule has 2 amide bonds. The van der Waals surface area contributed by atoms with E-state index in [2.05, 4.69) is 15.6 Å². The van der Waals surface area contributed by atoms with E-state index in [1.165, 1.54) is 6.07 Å². The van der Waals surface area contributed by atoms with Crippen LogP contribution >= 0.6 is 0 Å². The molecule has 3 aromatic carbocycles. The molecule has 212 valence electrons. The van der Waals surface area contributed by atoms with Gasteiger partial charge in [-0.2, -0.15) is 0 Å². The molecule has 0 fully saturated rings. The Kier molecular flexibility index (Phi) is 10.5. The minimum absolute atomic E-state index is 0.0229. The van der Waals surface area contributed by atoms with Crippen LogP contribution in [0.2, 0.25) is 0 Å². The molecule has 8 nitrogen and oxygen atoms in total. The number of hydrogen-bond donors (Lipinski definition) is 4. The predicted molar refractivity (Wildman–Crippen MR) is 156 cm³/mol. The van der Waals surface area contributed by atoms with Crippen LogP contribution in [0.4, 0.5) is 4.79 Å². The molecule has 1 heterocycles. The Balaban J connectivity index is 1.51. The van der Waals surface area contributed by atoms with Gasteiger partial charge in [-0.1, -0.05) is 72.8 Å². The lowest BCUT2D eigenvalue weighted by Crippen LogP contribution is -2.48. The molecule has 0 bridgehead atoms. The molecule has 0 aliphatic heterocycles. The number of alkyl carbamates (subject to hydrolysis) is 1. The van der Waals surface area contributed by atoms with Gasteiger partial charge in [-0.25, -0.2) is 4.79 Å². The number of aliphatic hydroxyl groups excluding tert-OH is 1. The fourth-order valence-electron chi connectivity index (χ4n) is 4.66. The number of carbonyl (C=O) groups excluding carboxylic acids is 2. The van der Waals surface area contributed by atoms with Gasteiger partial charge in [0.15, 0.2) is 0 Å². The van der Waals surface area contributed by atoms with Gasteiger partial charge in [0, 0.05) is 35.1 Å². The maximum absolute atomic E-state index is 13.3. The normalized spacial score (nSPS) is 13.0. The van der Waals surface area contributed by atoms with E-state index in [1.54, 1.807) is 37.5 Å². The van der Waals surface area contributed by atoms with Gasteiger partial charge in [0.2, 0.25) is 0 Å². The summed E-state index contributed by atoms with van der Waals surface area (Å²) in [6.45, 7) is 1.74. The molecule has 0 saturated carbocycles. The Morgan fingerprint density at radius 3 is 2.15 bits per heavy atom. The fraction of sp³-hybridized carbons (Fsp3) is 0.242. The molecule has 4 rings (SSSR count). The predicted octanol–water partition coefficient (Wildman–Crippen LogP) is 4.73. The van der Waals surface area contributed by atoms with E-state index in [1.807, 2.05) is 66.7 Å². The molecule has 3 unspecified atom stereocenters. The summed E-state index contributed by atoms with van der Waals surface area (Å²) in [5.41, 5.74) is 3.46. The summed E-state index contributed by atoms with van der Waals surface area (Å²) < 4.78 is 5.42. The number of nitrogens with one attached hydrogen (secondary N) is 2. The second-order valence-electron chi connectivity index (χ2n) is 9.99. The largest absolute Gasteiger partial charge is 0.508 e. The van der Waals surface area contributed by atoms with E-state index < -0.39 is 30.2 Å². The number of aromatic hydroxyl groups is 1. The Labute approximate surface area is 240 Å². The maximum atomic E-state index is 13.3. The van der Waals surface area contributed by atoms with Gasteiger partial charge in [-0.15, -0.1) is 0 Å². The van der Waals surface area contributed by atoms with Crippen LogP contribution in [0.5, 0.6) is 5.75 Å². The van der Waals surface area contributed by atoms with Crippen molar-refractivity contribution in [2.45, 2.75) is 51.0 Å². The summed E-state index contributed by atoms with van der Waals surface area (Å²) in [7, 11) is 0. The molecule has 0 aliphatic carbocycles. The van der Waals surface area contributed by atoms with Crippen molar-refractivity contribution in [3.63, 3.8) is 0 Å². The van der Waals surface area contributed by atoms with Crippen molar-refractivity contribution < 1.29 is 24.5 Å². The molecule has 0 radical (unpaired) electrons. The molecule has 1 aromatic heterocycles. The third-order valence-electron chi connectivity index (χ3n) is 6.89. The summed E-state index contributed by atoms with van der Waals surface area (Å²) in [5, 5.41) is 27.5. The van der Waals surface area contributed by atoms with Crippen LogP contribution in [-0.2, 0) is 24.2 Å². The van der Waals surface area contributed by atoms with E-state index in [0.717, 1.165) is 16.7 Å². The van der Waals surface area contributed by atoms with Crippen LogP contribution in [0.25, 0.3) is 0 Å². The van der Waals surface area contributed by atoms with Crippen molar-refractivity contribution in [1.82, 2.24) is 15.6 Å². The monoisotopic (exact) mass is 553 g/mol. The molecule has 4 N–H and O–H groups in total. The van der Waals surface area contributed by atoms with Gasteiger partial charge in [-0.05, 0) is 55.5 Å². The summed E-state index contributed by atoms with van der Waals surface area (Å²) in [6, 6.07) is 26.4. The minimum Gasteiger partial charge on any atom is -0.508 e. The first kappa shape index (κ1) is 29.3. The summed E-state index contributed by atoms with van der Waals surface area (Å²) in [4.78, 5) is 30.1. The summed E-state index contributed by atoms with van der Waals surface area (Å²) in [5.74, 6) is -0.378. The number of rotatable bonds is 12. The van der Waals surface area contributed by atoms with Gasteiger partial charge in [0.1, 0.15) is 12.4 Å². The second-order valence-corrected chi connectivity index (χ2v) is 9.99. The zero-order chi connectivity index (χ0) is 29.0. The lowest BCUT2D eigenvalue weighted by Gasteiger charge is -2.28. The summed E-state index contributed by atoms with van der Waals surface area (Å²) in [6.07, 6.45) is 2.64. The third-order valence-corrected chi connectivity index (χ3v) is 6.89. The SMILES string of the molecule is Cc1c(O)cccc1C(=O)NC(Cc1ccccc1)C(O)CC(Cc1ccccc1)NC(=O)OCc1cccnc1. The molecule has 0 saturated heterocycles. The van der Waals surface area contributed by atoms with Crippen molar-refractivity contribution in [1.29, 1.82) is 0 Å². The van der Waals surface area contributed by atoms with Crippen molar-refractivity contribution in [2.75, 3.05) is 0 Å². The Hall–Kier alpha value is -4.69. The van der Waals surface area contributed by atoms with E-state index in [9.17, 15) is 19.8 Å². The molecule has 0 aliphatic rings. The minimum atomic E-state index is -1.01. The number of amides is 2. The lowest BCUT2D eigenvalue weighted by molar-refractivity contribution is 0.0769. The van der Waals surface area contributed by atoms with Crippen LogP contribution in [0, 0.1) is 6.92 Å². The standard InChI is InChI=1S/C33H35N3O5/c1-23-28(15-8-16-30(23)37)32(39)36-29(19-25-12-6-3-7-13-25)31(38)20-27(18-24-10-4-2-5-11-24)35-33(40)41-22-26-14-9-17-34-21-26/h2-17,21,27,29,31,37-38H,18-20,22H2,1H3,(H,35,40)(H,36,39). The number of carbonyl (C=O) groups is 2. The van der Waals surface area contributed by atoms with E-state index >= 15 is 0 Å². The highest BCUT2D eigenvalue weighted by Gasteiger charge is 2.27. The number of nitrogens with zero attached hydrogens (tertiary/aromatic N) is 1. The van der Waals surface area contributed by atoms with E-state index in [4.69, 9.17) is 4.74 Å².